The molecule has 0 heteroatoms. The quantitative estimate of drug-likeness (QED) is 0.468. The second-order valence-electron chi connectivity index (χ2n) is 9.76. The summed E-state index contributed by atoms with van der Waals surface area (Å²) < 4.78 is 0. The van der Waals surface area contributed by atoms with E-state index in [1.807, 2.05) is 0 Å². The van der Waals surface area contributed by atoms with Crippen LogP contribution in [0.5, 0.6) is 0 Å². The summed E-state index contributed by atoms with van der Waals surface area (Å²) >= 11 is 0. The second-order valence-corrected chi connectivity index (χ2v) is 9.76. The van der Waals surface area contributed by atoms with Gasteiger partial charge in [-0.2, -0.15) is 0 Å². The Morgan fingerprint density at radius 3 is 0.966 bits per heavy atom. The third kappa shape index (κ3) is 3.31. The first-order valence-electron chi connectivity index (χ1n) is 11.7. The number of allylic oxidation sites excluding steroid dienone is 16. The minimum atomic E-state index is 0.381. The van der Waals surface area contributed by atoms with Gasteiger partial charge in [-0.3, -0.25) is 0 Å². The van der Waals surface area contributed by atoms with Gasteiger partial charge in [-0.1, -0.05) is 97.2 Å². The Hall–Kier alpha value is -2.08. The minimum Gasteiger partial charge on any atom is -0.0839 e. The van der Waals surface area contributed by atoms with Crippen molar-refractivity contribution >= 4 is 0 Å². The first-order chi connectivity index (χ1) is 14.3. The summed E-state index contributed by atoms with van der Waals surface area (Å²) in [6.45, 7) is 0. The Morgan fingerprint density at radius 2 is 0.724 bits per heavy atom. The molecule has 0 aromatic carbocycles. The Balaban J connectivity index is 1.55. The van der Waals surface area contributed by atoms with Crippen molar-refractivity contribution in [3.8, 4) is 0 Å². The van der Waals surface area contributed by atoms with Crippen LogP contribution in [0.1, 0.15) is 44.9 Å². The Labute approximate surface area is 176 Å². The van der Waals surface area contributed by atoms with Crippen molar-refractivity contribution in [1.29, 1.82) is 0 Å². The first-order valence-corrected chi connectivity index (χ1v) is 11.7. The molecule has 4 atom stereocenters. The van der Waals surface area contributed by atoms with Gasteiger partial charge in [-0.05, 0) is 79.4 Å². The Kier molecular flexibility index (Phi) is 5.20. The van der Waals surface area contributed by atoms with Crippen LogP contribution in [0.25, 0.3) is 0 Å². The van der Waals surface area contributed by atoms with Crippen molar-refractivity contribution in [2.75, 3.05) is 0 Å². The van der Waals surface area contributed by atoms with Gasteiger partial charge in [0.05, 0.1) is 0 Å². The molecule has 0 aromatic rings. The monoisotopic (exact) mass is 382 g/mol. The number of hydrogen-bond donors (Lipinski definition) is 0. The predicted octanol–water partition coefficient (Wildman–Crippen LogP) is 7.67. The van der Waals surface area contributed by atoms with Crippen LogP contribution in [0, 0.1) is 34.5 Å². The van der Waals surface area contributed by atoms with E-state index in [0.29, 0.717) is 34.5 Å². The van der Waals surface area contributed by atoms with Gasteiger partial charge < -0.3 is 0 Å². The lowest BCUT2D eigenvalue weighted by atomic mass is 9.56. The molecule has 5 rings (SSSR count). The standard InChI is InChI=1S/C29H34/c1-5-13-24(14-6-1)28(25-15-7-2-8-16-25)21-22-29(23-28,26-17-9-3-10-18-26)27-19-11-4-12-20-27/h1-13,15,17,19,24-27H,14,16,18,20-23H2. The summed E-state index contributed by atoms with van der Waals surface area (Å²) in [6, 6.07) is 0. The largest absolute Gasteiger partial charge is 0.0839 e. The molecule has 1 fully saturated rings. The molecule has 0 bridgehead atoms. The van der Waals surface area contributed by atoms with E-state index in [1.54, 1.807) is 0 Å². The lowest BCUT2D eigenvalue weighted by Crippen LogP contribution is -2.41. The highest BCUT2D eigenvalue weighted by molar-refractivity contribution is 5.27. The molecule has 0 nitrogen and oxygen atoms in total. The molecule has 150 valence electrons. The molecule has 1 saturated carbocycles. The highest BCUT2D eigenvalue weighted by Gasteiger charge is 2.57. The van der Waals surface area contributed by atoms with E-state index in [-0.39, 0.29) is 0 Å². The van der Waals surface area contributed by atoms with Gasteiger partial charge in [0, 0.05) is 0 Å². The van der Waals surface area contributed by atoms with Crippen molar-refractivity contribution in [1.82, 2.24) is 0 Å². The summed E-state index contributed by atoms with van der Waals surface area (Å²) in [7, 11) is 0. The molecule has 0 amide bonds. The van der Waals surface area contributed by atoms with Crippen LogP contribution >= 0.6 is 0 Å². The van der Waals surface area contributed by atoms with E-state index in [1.165, 1.54) is 44.9 Å². The summed E-state index contributed by atoms with van der Waals surface area (Å²) in [5.74, 6) is 2.67. The van der Waals surface area contributed by atoms with Gasteiger partial charge in [0.2, 0.25) is 0 Å². The molecular formula is C29H34. The predicted molar refractivity (Wildman–Crippen MR) is 124 cm³/mol. The number of hydrogen-bond acceptors (Lipinski definition) is 0. The third-order valence-corrected chi connectivity index (χ3v) is 8.59. The fourth-order valence-electron chi connectivity index (χ4n) is 7.10. The fourth-order valence-corrected chi connectivity index (χ4v) is 7.10. The van der Waals surface area contributed by atoms with Crippen molar-refractivity contribution in [3.63, 3.8) is 0 Å². The lowest BCUT2D eigenvalue weighted by molar-refractivity contribution is 0.0665. The highest BCUT2D eigenvalue weighted by atomic mass is 14.6. The van der Waals surface area contributed by atoms with E-state index >= 15 is 0 Å². The molecule has 0 N–H and O–H groups in total. The summed E-state index contributed by atoms with van der Waals surface area (Å²) in [5.41, 5.74) is 0.763. The SMILES string of the molecule is C1=CCC(C2(C3C=CC=CC3)CCC(C3C=CC=CC3)(C3C=CC=CC3)C2)C=C1. The van der Waals surface area contributed by atoms with Crippen LogP contribution in [0.4, 0.5) is 0 Å². The molecule has 4 unspecified atom stereocenters. The van der Waals surface area contributed by atoms with Gasteiger partial charge in [-0.15, -0.1) is 0 Å². The zero-order valence-corrected chi connectivity index (χ0v) is 17.5. The normalized spacial score (nSPS) is 42.8. The molecular weight excluding hydrogens is 348 g/mol. The topological polar surface area (TPSA) is 0 Å². The smallest absolute Gasteiger partial charge is 0.0133 e. The van der Waals surface area contributed by atoms with Gasteiger partial charge in [0.25, 0.3) is 0 Å². The van der Waals surface area contributed by atoms with Gasteiger partial charge >= 0.3 is 0 Å². The molecule has 29 heavy (non-hydrogen) atoms. The van der Waals surface area contributed by atoms with Crippen molar-refractivity contribution < 1.29 is 0 Å². The zero-order chi connectivity index (χ0) is 19.6. The number of rotatable bonds is 4. The maximum atomic E-state index is 2.54. The second kappa shape index (κ2) is 7.98. The van der Waals surface area contributed by atoms with E-state index < -0.39 is 0 Å². The Morgan fingerprint density at radius 1 is 0.414 bits per heavy atom. The minimum absolute atomic E-state index is 0.381. The third-order valence-electron chi connectivity index (χ3n) is 8.59. The van der Waals surface area contributed by atoms with Crippen molar-refractivity contribution in [2.45, 2.75) is 44.9 Å². The maximum absolute atomic E-state index is 2.54. The molecule has 0 saturated heterocycles. The van der Waals surface area contributed by atoms with Gasteiger partial charge in [0.1, 0.15) is 0 Å². The average molecular weight is 383 g/mol. The van der Waals surface area contributed by atoms with Crippen LogP contribution in [0.2, 0.25) is 0 Å². The average Bonchev–Trinajstić information content (AvgIpc) is 3.25. The summed E-state index contributed by atoms with van der Waals surface area (Å²) in [4.78, 5) is 0. The van der Waals surface area contributed by atoms with Crippen molar-refractivity contribution in [3.05, 3.63) is 97.2 Å². The van der Waals surface area contributed by atoms with Crippen LogP contribution < -0.4 is 0 Å². The van der Waals surface area contributed by atoms with E-state index in [0.717, 1.165) is 0 Å². The molecule has 0 radical (unpaired) electrons. The van der Waals surface area contributed by atoms with E-state index in [2.05, 4.69) is 97.2 Å². The molecule has 0 heterocycles. The molecule has 0 aliphatic heterocycles. The van der Waals surface area contributed by atoms with Gasteiger partial charge in [-0.25, -0.2) is 0 Å². The first kappa shape index (κ1) is 18.9. The Bertz CT molecular complexity index is 707. The van der Waals surface area contributed by atoms with Crippen LogP contribution in [-0.2, 0) is 0 Å². The molecule has 0 spiro atoms. The van der Waals surface area contributed by atoms with Crippen LogP contribution in [0.15, 0.2) is 97.2 Å². The lowest BCUT2D eigenvalue weighted by Gasteiger charge is -2.48. The van der Waals surface area contributed by atoms with Crippen LogP contribution in [-0.4, -0.2) is 0 Å². The van der Waals surface area contributed by atoms with Gasteiger partial charge in [0.15, 0.2) is 0 Å². The van der Waals surface area contributed by atoms with E-state index in [9.17, 15) is 0 Å². The van der Waals surface area contributed by atoms with Crippen LogP contribution in [0.3, 0.4) is 0 Å². The summed E-state index contributed by atoms with van der Waals surface area (Å²) in [5, 5.41) is 0. The van der Waals surface area contributed by atoms with E-state index in [4.69, 9.17) is 0 Å². The fraction of sp³-hybridized carbons (Fsp3) is 0.448. The summed E-state index contributed by atoms with van der Waals surface area (Å²) in [6.07, 6.45) is 46.9. The maximum Gasteiger partial charge on any atom is -0.0133 e. The molecule has 5 aliphatic carbocycles. The van der Waals surface area contributed by atoms with Crippen molar-refractivity contribution in [2.24, 2.45) is 34.5 Å². The zero-order valence-electron chi connectivity index (χ0n) is 17.5. The molecule has 5 aliphatic rings. The highest BCUT2D eigenvalue weighted by Crippen LogP contribution is 2.66. The molecule has 0 aromatic heterocycles.